The molecule has 0 saturated carbocycles. The van der Waals surface area contributed by atoms with E-state index in [4.69, 9.17) is 10.8 Å². The SMILES string of the molecule is NC(=O)CC(=O)Nc1cccc(O)c1. The molecule has 0 unspecified atom stereocenters. The first-order chi connectivity index (χ1) is 6.58. The number of carbonyl (C=O) groups excluding carboxylic acids is 2. The molecule has 0 aliphatic carbocycles. The molecule has 4 N–H and O–H groups in total. The topological polar surface area (TPSA) is 92.4 Å². The van der Waals surface area contributed by atoms with E-state index in [1.54, 1.807) is 12.1 Å². The lowest BCUT2D eigenvalue weighted by molar-refractivity contribution is -0.124. The van der Waals surface area contributed by atoms with E-state index in [0.29, 0.717) is 5.69 Å². The van der Waals surface area contributed by atoms with Crippen LogP contribution in [0.3, 0.4) is 0 Å². The lowest BCUT2D eigenvalue weighted by Crippen LogP contribution is -2.21. The number of hydrogen-bond acceptors (Lipinski definition) is 3. The Morgan fingerprint density at radius 1 is 1.43 bits per heavy atom. The van der Waals surface area contributed by atoms with Crippen LogP contribution in [0, 0.1) is 0 Å². The van der Waals surface area contributed by atoms with Crippen molar-refractivity contribution in [1.82, 2.24) is 0 Å². The molecule has 0 aliphatic rings. The number of rotatable bonds is 3. The summed E-state index contributed by atoms with van der Waals surface area (Å²) in [6, 6.07) is 6.02. The van der Waals surface area contributed by atoms with Gasteiger partial charge in [-0.1, -0.05) is 6.07 Å². The van der Waals surface area contributed by atoms with Crippen LogP contribution in [0.1, 0.15) is 6.42 Å². The summed E-state index contributed by atoms with van der Waals surface area (Å²) in [5, 5.41) is 11.5. The Morgan fingerprint density at radius 2 is 2.14 bits per heavy atom. The van der Waals surface area contributed by atoms with Crippen molar-refractivity contribution in [2.75, 3.05) is 5.32 Å². The van der Waals surface area contributed by atoms with Crippen molar-refractivity contribution in [1.29, 1.82) is 0 Å². The van der Waals surface area contributed by atoms with Crippen molar-refractivity contribution in [2.24, 2.45) is 5.73 Å². The number of benzene rings is 1. The molecule has 0 spiro atoms. The first-order valence-electron chi connectivity index (χ1n) is 3.95. The van der Waals surface area contributed by atoms with Gasteiger partial charge in [-0.15, -0.1) is 0 Å². The van der Waals surface area contributed by atoms with E-state index in [-0.39, 0.29) is 12.2 Å². The molecule has 0 saturated heterocycles. The van der Waals surface area contributed by atoms with E-state index >= 15 is 0 Å². The average molecular weight is 194 g/mol. The first-order valence-corrected chi connectivity index (χ1v) is 3.95. The molecule has 5 heteroatoms. The molecule has 0 fully saturated rings. The van der Waals surface area contributed by atoms with Gasteiger partial charge in [-0.05, 0) is 12.1 Å². The second-order valence-corrected chi connectivity index (χ2v) is 2.74. The van der Waals surface area contributed by atoms with Crippen molar-refractivity contribution in [2.45, 2.75) is 6.42 Å². The molecule has 0 aromatic heterocycles. The van der Waals surface area contributed by atoms with Gasteiger partial charge in [0.05, 0.1) is 0 Å². The van der Waals surface area contributed by atoms with Crippen LogP contribution >= 0.6 is 0 Å². The number of phenols is 1. The summed E-state index contributed by atoms with van der Waals surface area (Å²) in [5.74, 6) is -1.15. The minimum atomic E-state index is -0.692. The number of anilines is 1. The molecular weight excluding hydrogens is 184 g/mol. The average Bonchev–Trinajstić information content (AvgIpc) is 2.01. The molecule has 2 amide bonds. The third-order valence-corrected chi connectivity index (χ3v) is 1.46. The number of phenolic OH excluding ortho intramolecular Hbond substituents is 1. The van der Waals surface area contributed by atoms with E-state index in [9.17, 15) is 9.59 Å². The van der Waals surface area contributed by atoms with Crippen LogP contribution in [-0.4, -0.2) is 16.9 Å². The Kier molecular flexibility index (Phi) is 3.06. The van der Waals surface area contributed by atoms with Crippen molar-refractivity contribution in [3.63, 3.8) is 0 Å². The zero-order chi connectivity index (χ0) is 10.6. The molecule has 0 heterocycles. The van der Waals surface area contributed by atoms with E-state index in [2.05, 4.69) is 5.32 Å². The van der Waals surface area contributed by atoms with Gasteiger partial charge in [-0.25, -0.2) is 0 Å². The number of primary amides is 1. The highest BCUT2D eigenvalue weighted by molar-refractivity contribution is 6.03. The molecule has 0 radical (unpaired) electrons. The fraction of sp³-hybridized carbons (Fsp3) is 0.111. The summed E-state index contributed by atoms with van der Waals surface area (Å²) in [7, 11) is 0. The van der Waals surface area contributed by atoms with Gasteiger partial charge < -0.3 is 16.2 Å². The molecule has 1 aromatic carbocycles. The van der Waals surface area contributed by atoms with Crippen LogP contribution in [0.4, 0.5) is 5.69 Å². The normalized spacial score (nSPS) is 9.43. The van der Waals surface area contributed by atoms with Gasteiger partial charge in [0.2, 0.25) is 11.8 Å². The van der Waals surface area contributed by atoms with Crippen LogP contribution < -0.4 is 11.1 Å². The third-order valence-electron chi connectivity index (χ3n) is 1.46. The van der Waals surface area contributed by atoms with Gasteiger partial charge in [-0.3, -0.25) is 9.59 Å². The molecular formula is C9H10N2O3. The fourth-order valence-corrected chi connectivity index (χ4v) is 0.947. The Hall–Kier alpha value is -2.04. The van der Waals surface area contributed by atoms with E-state index in [0.717, 1.165) is 0 Å². The van der Waals surface area contributed by atoms with Gasteiger partial charge in [-0.2, -0.15) is 0 Å². The lowest BCUT2D eigenvalue weighted by Gasteiger charge is -2.03. The molecule has 1 aromatic rings. The third kappa shape index (κ3) is 3.14. The monoisotopic (exact) mass is 194 g/mol. The highest BCUT2D eigenvalue weighted by atomic mass is 16.3. The standard InChI is InChI=1S/C9H10N2O3/c10-8(13)5-9(14)11-6-2-1-3-7(12)4-6/h1-4,12H,5H2,(H2,10,13)(H,11,14). The number of nitrogens with one attached hydrogen (secondary N) is 1. The van der Waals surface area contributed by atoms with Gasteiger partial charge in [0.1, 0.15) is 12.2 Å². The second-order valence-electron chi connectivity index (χ2n) is 2.74. The summed E-state index contributed by atoms with van der Waals surface area (Å²) in [5.41, 5.74) is 5.25. The van der Waals surface area contributed by atoms with Crippen LogP contribution in [0.5, 0.6) is 5.75 Å². The Bertz CT molecular complexity index is 363. The van der Waals surface area contributed by atoms with E-state index in [1.165, 1.54) is 12.1 Å². The zero-order valence-corrected chi connectivity index (χ0v) is 7.36. The number of carbonyl (C=O) groups is 2. The van der Waals surface area contributed by atoms with Gasteiger partial charge in [0.15, 0.2) is 0 Å². The molecule has 0 aliphatic heterocycles. The number of nitrogens with two attached hydrogens (primary N) is 1. The van der Waals surface area contributed by atoms with Crippen LogP contribution in [-0.2, 0) is 9.59 Å². The van der Waals surface area contributed by atoms with Gasteiger partial charge >= 0.3 is 0 Å². The maximum absolute atomic E-state index is 11.0. The molecule has 5 nitrogen and oxygen atoms in total. The molecule has 0 bridgehead atoms. The van der Waals surface area contributed by atoms with Crippen molar-refractivity contribution >= 4 is 17.5 Å². The van der Waals surface area contributed by atoms with Crippen LogP contribution in [0.2, 0.25) is 0 Å². The Balaban J connectivity index is 2.60. The van der Waals surface area contributed by atoms with Crippen molar-refractivity contribution < 1.29 is 14.7 Å². The molecule has 14 heavy (non-hydrogen) atoms. The summed E-state index contributed by atoms with van der Waals surface area (Å²) in [6.45, 7) is 0. The van der Waals surface area contributed by atoms with E-state index < -0.39 is 11.8 Å². The lowest BCUT2D eigenvalue weighted by atomic mass is 10.3. The van der Waals surface area contributed by atoms with Crippen LogP contribution in [0.15, 0.2) is 24.3 Å². The van der Waals surface area contributed by atoms with Gasteiger partial charge in [0.25, 0.3) is 0 Å². The minimum Gasteiger partial charge on any atom is -0.508 e. The predicted octanol–water partition coefficient (Wildman–Crippen LogP) is 0.206. The maximum Gasteiger partial charge on any atom is 0.233 e. The number of hydrogen-bond donors (Lipinski definition) is 3. The van der Waals surface area contributed by atoms with Crippen molar-refractivity contribution in [3.05, 3.63) is 24.3 Å². The Labute approximate surface area is 80.5 Å². The summed E-state index contributed by atoms with van der Waals surface area (Å²) in [6.07, 6.45) is -0.365. The highest BCUT2D eigenvalue weighted by Gasteiger charge is 2.05. The van der Waals surface area contributed by atoms with Crippen LogP contribution in [0.25, 0.3) is 0 Å². The minimum absolute atomic E-state index is 0.0434. The number of aromatic hydroxyl groups is 1. The summed E-state index contributed by atoms with van der Waals surface area (Å²) < 4.78 is 0. The van der Waals surface area contributed by atoms with E-state index in [1.807, 2.05) is 0 Å². The first kappa shape index (κ1) is 10.0. The number of amides is 2. The zero-order valence-electron chi connectivity index (χ0n) is 7.36. The highest BCUT2D eigenvalue weighted by Crippen LogP contribution is 2.15. The quantitative estimate of drug-likeness (QED) is 0.600. The molecule has 0 atom stereocenters. The van der Waals surface area contributed by atoms with Gasteiger partial charge in [0, 0.05) is 11.8 Å². The summed E-state index contributed by atoms with van der Waals surface area (Å²) in [4.78, 5) is 21.4. The second kappa shape index (κ2) is 4.27. The Morgan fingerprint density at radius 3 is 2.71 bits per heavy atom. The largest absolute Gasteiger partial charge is 0.508 e. The maximum atomic E-state index is 11.0. The summed E-state index contributed by atoms with van der Waals surface area (Å²) >= 11 is 0. The fourth-order valence-electron chi connectivity index (χ4n) is 0.947. The molecule has 1 rings (SSSR count). The molecule has 74 valence electrons. The predicted molar refractivity (Wildman–Crippen MR) is 50.5 cm³/mol. The smallest absolute Gasteiger partial charge is 0.233 e. The van der Waals surface area contributed by atoms with Crippen molar-refractivity contribution in [3.8, 4) is 5.75 Å².